The average Bonchev–Trinajstić information content (AvgIpc) is 3.11. The number of benzene rings is 2. The van der Waals surface area contributed by atoms with E-state index in [1.54, 1.807) is 0 Å². The van der Waals surface area contributed by atoms with Gasteiger partial charge in [-0.15, -0.1) is 0 Å². The second-order valence-corrected chi connectivity index (χ2v) is 9.57. The van der Waals surface area contributed by atoms with Crippen LogP contribution in [-0.4, -0.2) is 58.3 Å². The average molecular weight is 458 g/mol. The number of imidazole rings is 1. The number of anilines is 1. The van der Waals surface area contributed by atoms with E-state index in [4.69, 9.17) is 16.6 Å². The molecule has 1 unspecified atom stereocenters. The van der Waals surface area contributed by atoms with Crippen LogP contribution in [0.1, 0.15) is 12.5 Å². The molecule has 1 atom stereocenters. The zero-order chi connectivity index (χ0) is 21.8. The first kappa shape index (κ1) is 22.1. The lowest BCUT2D eigenvalue weighted by molar-refractivity contribution is -0.115. The Morgan fingerprint density at radius 1 is 1.23 bits per heavy atom. The summed E-state index contributed by atoms with van der Waals surface area (Å²) in [6.45, 7) is 9.88. The molecule has 3 aromatic rings. The van der Waals surface area contributed by atoms with E-state index in [2.05, 4.69) is 26.2 Å². The van der Waals surface area contributed by atoms with E-state index in [-0.39, 0.29) is 11.2 Å². The van der Waals surface area contributed by atoms with Crippen molar-refractivity contribution in [3.63, 3.8) is 0 Å². The number of nitrogens with one attached hydrogen (secondary N) is 2. The first-order chi connectivity index (χ1) is 15.0. The van der Waals surface area contributed by atoms with Crippen LogP contribution in [0.5, 0.6) is 0 Å². The minimum absolute atomic E-state index is 0.0866. The Bertz CT molecular complexity index is 1060. The second kappa shape index (κ2) is 10.0. The highest BCUT2D eigenvalue weighted by Crippen LogP contribution is 2.29. The highest BCUT2D eigenvalue weighted by atomic mass is 35.5. The molecule has 1 aliphatic heterocycles. The maximum atomic E-state index is 12.8. The number of hydrogen-bond acceptors (Lipinski definition) is 5. The third-order valence-electron chi connectivity index (χ3n) is 5.50. The third kappa shape index (κ3) is 5.41. The molecule has 31 heavy (non-hydrogen) atoms. The van der Waals surface area contributed by atoms with Gasteiger partial charge in [0.05, 0.1) is 27.0 Å². The van der Waals surface area contributed by atoms with Crippen LogP contribution in [0.25, 0.3) is 11.0 Å². The predicted molar refractivity (Wildman–Crippen MR) is 129 cm³/mol. The van der Waals surface area contributed by atoms with Crippen LogP contribution in [0.15, 0.2) is 47.6 Å². The molecule has 6 nitrogen and oxygen atoms in total. The molecule has 8 heteroatoms. The van der Waals surface area contributed by atoms with E-state index in [0.717, 1.165) is 61.0 Å². The number of piperazine rings is 1. The summed E-state index contributed by atoms with van der Waals surface area (Å²) in [4.78, 5) is 20.1. The minimum atomic E-state index is -0.313. The van der Waals surface area contributed by atoms with Gasteiger partial charge in [0.25, 0.3) is 0 Å². The normalized spacial score (nSPS) is 15.8. The first-order valence-corrected chi connectivity index (χ1v) is 11.9. The summed E-state index contributed by atoms with van der Waals surface area (Å²) in [6, 6.07) is 13.8. The predicted octanol–water partition coefficient (Wildman–Crippen LogP) is 4.02. The van der Waals surface area contributed by atoms with Gasteiger partial charge in [0.2, 0.25) is 5.91 Å². The molecule has 0 bridgehead atoms. The highest BCUT2D eigenvalue weighted by Gasteiger charge is 2.21. The van der Waals surface area contributed by atoms with Crippen molar-refractivity contribution in [2.45, 2.75) is 30.8 Å². The van der Waals surface area contributed by atoms with Gasteiger partial charge in [-0.3, -0.25) is 9.69 Å². The minimum Gasteiger partial charge on any atom is -0.324 e. The molecule has 1 amide bonds. The molecule has 1 saturated heterocycles. The lowest BCUT2D eigenvalue weighted by atomic mass is 10.2. The van der Waals surface area contributed by atoms with E-state index in [1.807, 2.05) is 50.2 Å². The van der Waals surface area contributed by atoms with Crippen LogP contribution in [0.3, 0.4) is 0 Å². The van der Waals surface area contributed by atoms with E-state index in [0.29, 0.717) is 10.7 Å². The molecule has 2 heterocycles. The third-order valence-corrected chi connectivity index (χ3v) is 6.91. The Morgan fingerprint density at radius 2 is 2.00 bits per heavy atom. The molecular formula is C23H28ClN5OS. The van der Waals surface area contributed by atoms with E-state index in [9.17, 15) is 4.79 Å². The number of rotatable bonds is 7. The van der Waals surface area contributed by atoms with Crippen LogP contribution in [0, 0.1) is 6.92 Å². The number of carbonyl (C=O) groups is 1. The van der Waals surface area contributed by atoms with Gasteiger partial charge in [-0.25, -0.2) is 4.98 Å². The Labute approximate surface area is 192 Å². The number of para-hydroxylation sites is 2. The van der Waals surface area contributed by atoms with Gasteiger partial charge in [-0.2, -0.15) is 0 Å². The van der Waals surface area contributed by atoms with Crippen molar-refractivity contribution < 1.29 is 4.79 Å². The van der Waals surface area contributed by atoms with E-state index in [1.165, 1.54) is 11.8 Å². The summed E-state index contributed by atoms with van der Waals surface area (Å²) in [5, 5.41) is 7.45. The summed E-state index contributed by atoms with van der Waals surface area (Å²) in [5.41, 5.74) is 3.76. The van der Waals surface area contributed by atoms with Gasteiger partial charge in [0, 0.05) is 39.3 Å². The molecule has 4 rings (SSSR count). The SMILES string of the molecule is Cc1ccc(NC(=O)C(C)Sc2nc3ccccc3n2CCN2CCNCC2)c(Cl)c1. The van der Waals surface area contributed by atoms with Crippen LogP contribution in [0.4, 0.5) is 5.69 Å². The Balaban J connectivity index is 1.49. The number of aryl methyl sites for hydroxylation is 1. The van der Waals surface area contributed by atoms with Crippen molar-refractivity contribution >= 4 is 46.0 Å². The number of carbonyl (C=O) groups excluding carboxylic acids is 1. The maximum absolute atomic E-state index is 12.8. The van der Waals surface area contributed by atoms with E-state index < -0.39 is 0 Å². The molecule has 0 radical (unpaired) electrons. The van der Waals surface area contributed by atoms with Gasteiger partial charge >= 0.3 is 0 Å². The summed E-state index contributed by atoms with van der Waals surface area (Å²) in [7, 11) is 0. The molecular weight excluding hydrogens is 430 g/mol. The lowest BCUT2D eigenvalue weighted by Gasteiger charge is -2.27. The lowest BCUT2D eigenvalue weighted by Crippen LogP contribution is -2.44. The summed E-state index contributed by atoms with van der Waals surface area (Å²) in [5.74, 6) is -0.0866. The molecule has 1 fully saturated rings. The van der Waals surface area contributed by atoms with Gasteiger partial charge in [-0.05, 0) is 43.7 Å². The molecule has 2 N–H and O–H groups in total. The fourth-order valence-corrected chi connectivity index (χ4v) is 4.94. The van der Waals surface area contributed by atoms with Crippen molar-refractivity contribution in [1.82, 2.24) is 19.8 Å². The quantitative estimate of drug-likeness (QED) is 0.524. The molecule has 0 aliphatic carbocycles. The number of fused-ring (bicyclic) bond motifs is 1. The standard InChI is InChI=1S/C23H28ClN5OS/c1-16-7-8-19(18(24)15-16)26-22(30)17(2)31-23-27-20-5-3-4-6-21(20)29(23)14-13-28-11-9-25-10-12-28/h3-8,15,17,25H,9-14H2,1-2H3,(H,26,30). The first-order valence-electron chi connectivity index (χ1n) is 10.6. The molecule has 1 aromatic heterocycles. The monoisotopic (exact) mass is 457 g/mol. The van der Waals surface area contributed by atoms with Gasteiger partial charge in [0.1, 0.15) is 0 Å². The molecule has 1 aliphatic rings. The maximum Gasteiger partial charge on any atom is 0.237 e. The zero-order valence-electron chi connectivity index (χ0n) is 17.9. The van der Waals surface area contributed by atoms with Gasteiger partial charge in [0.15, 0.2) is 5.16 Å². The van der Waals surface area contributed by atoms with Crippen molar-refractivity contribution in [2.75, 3.05) is 38.0 Å². The number of halogens is 1. The smallest absolute Gasteiger partial charge is 0.237 e. The Hall–Kier alpha value is -2.06. The van der Waals surface area contributed by atoms with Crippen LogP contribution >= 0.6 is 23.4 Å². The van der Waals surface area contributed by atoms with Crippen molar-refractivity contribution in [3.05, 3.63) is 53.1 Å². The number of hydrogen-bond donors (Lipinski definition) is 2. The largest absolute Gasteiger partial charge is 0.324 e. The van der Waals surface area contributed by atoms with Crippen LogP contribution in [-0.2, 0) is 11.3 Å². The topological polar surface area (TPSA) is 62.2 Å². The van der Waals surface area contributed by atoms with Crippen molar-refractivity contribution in [1.29, 1.82) is 0 Å². The second-order valence-electron chi connectivity index (χ2n) is 7.86. The number of aromatic nitrogens is 2. The zero-order valence-corrected chi connectivity index (χ0v) is 19.5. The Kier molecular flexibility index (Phi) is 7.17. The Morgan fingerprint density at radius 3 is 2.77 bits per heavy atom. The molecule has 0 saturated carbocycles. The number of thioether (sulfide) groups is 1. The highest BCUT2D eigenvalue weighted by molar-refractivity contribution is 8.00. The van der Waals surface area contributed by atoms with Gasteiger partial charge < -0.3 is 15.2 Å². The number of nitrogens with zero attached hydrogens (tertiary/aromatic N) is 3. The molecule has 0 spiro atoms. The fraction of sp³-hybridized carbons (Fsp3) is 0.391. The summed E-state index contributed by atoms with van der Waals surface area (Å²) < 4.78 is 2.24. The van der Waals surface area contributed by atoms with Crippen LogP contribution < -0.4 is 10.6 Å². The van der Waals surface area contributed by atoms with Crippen molar-refractivity contribution in [2.24, 2.45) is 0 Å². The molecule has 164 valence electrons. The number of amides is 1. The molecule has 2 aromatic carbocycles. The summed E-state index contributed by atoms with van der Waals surface area (Å²) >= 11 is 7.77. The van der Waals surface area contributed by atoms with Gasteiger partial charge in [-0.1, -0.05) is 41.6 Å². The van der Waals surface area contributed by atoms with Crippen molar-refractivity contribution in [3.8, 4) is 0 Å². The van der Waals surface area contributed by atoms with Crippen LogP contribution in [0.2, 0.25) is 5.02 Å². The van der Waals surface area contributed by atoms with E-state index >= 15 is 0 Å². The fourth-order valence-electron chi connectivity index (χ4n) is 3.70. The summed E-state index contributed by atoms with van der Waals surface area (Å²) in [6.07, 6.45) is 0.